The summed E-state index contributed by atoms with van der Waals surface area (Å²) in [4.78, 5) is 12.2. The second-order valence-corrected chi connectivity index (χ2v) is 6.30. The molecule has 0 bridgehead atoms. The van der Waals surface area contributed by atoms with Gasteiger partial charge >= 0.3 is 0 Å². The van der Waals surface area contributed by atoms with Gasteiger partial charge in [0.25, 0.3) is 0 Å². The molecule has 1 unspecified atom stereocenters. The highest BCUT2D eigenvalue weighted by Crippen LogP contribution is 2.35. The summed E-state index contributed by atoms with van der Waals surface area (Å²) in [6.45, 7) is 5.56. The Kier molecular flexibility index (Phi) is 4.08. The first-order chi connectivity index (χ1) is 8.09. The molecule has 1 amide bonds. The average Bonchev–Trinajstić information content (AvgIpc) is 2.33. The molecule has 0 aromatic carbocycles. The summed E-state index contributed by atoms with van der Waals surface area (Å²) in [7, 11) is 0. The second kappa shape index (κ2) is 5.38. The fourth-order valence-corrected chi connectivity index (χ4v) is 3.11. The van der Waals surface area contributed by atoms with E-state index in [1.165, 1.54) is 32.1 Å². The van der Waals surface area contributed by atoms with Gasteiger partial charge in [-0.1, -0.05) is 33.1 Å². The van der Waals surface area contributed by atoms with Crippen LogP contribution in [-0.2, 0) is 4.79 Å². The predicted octanol–water partition coefficient (Wildman–Crippen LogP) is 2.21. The van der Waals surface area contributed by atoms with Gasteiger partial charge in [0.1, 0.15) is 0 Å². The average molecular weight is 238 g/mol. The van der Waals surface area contributed by atoms with E-state index in [4.69, 9.17) is 0 Å². The Morgan fingerprint density at radius 2 is 1.94 bits per heavy atom. The van der Waals surface area contributed by atoms with Crippen molar-refractivity contribution in [1.82, 2.24) is 10.6 Å². The molecule has 0 aromatic rings. The molecule has 2 rings (SSSR count). The molecule has 0 aromatic heterocycles. The van der Waals surface area contributed by atoms with Crippen molar-refractivity contribution < 1.29 is 4.79 Å². The molecule has 0 spiro atoms. The molecule has 2 aliphatic rings. The van der Waals surface area contributed by atoms with Crippen LogP contribution in [0.4, 0.5) is 0 Å². The first kappa shape index (κ1) is 12.9. The van der Waals surface area contributed by atoms with Gasteiger partial charge in [0.05, 0.1) is 6.04 Å². The fourth-order valence-electron chi connectivity index (χ4n) is 3.11. The molecular formula is C14H26N2O. The van der Waals surface area contributed by atoms with Gasteiger partial charge in [-0.2, -0.15) is 0 Å². The summed E-state index contributed by atoms with van der Waals surface area (Å²) >= 11 is 0. The van der Waals surface area contributed by atoms with Crippen LogP contribution < -0.4 is 10.6 Å². The van der Waals surface area contributed by atoms with E-state index < -0.39 is 0 Å². The van der Waals surface area contributed by atoms with Crippen molar-refractivity contribution in [2.24, 2.45) is 5.41 Å². The second-order valence-electron chi connectivity index (χ2n) is 6.30. The van der Waals surface area contributed by atoms with Crippen molar-refractivity contribution >= 4 is 5.91 Å². The number of piperidine rings is 1. The van der Waals surface area contributed by atoms with Crippen molar-refractivity contribution in [3.8, 4) is 0 Å². The summed E-state index contributed by atoms with van der Waals surface area (Å²) in [5, 5.41) is 6.60. The van der Waals surface area contributed by atoms with Crippen LogP contribution in [0.3, 0.4) is 0 Å². The summed E-state index contributed by atoms with van der Waals surface area (Å²) < 4.78 is 0. The maximum Gasteiger partial charge on any atom is 0.237 e. The standard InChI is InChI=1S/C14H26N2O/c1-14(2)9-5-3-8-12(14)16-13(17)11-7-4-6-10-15-11/h11-12,15H,3-10H2,1-2H3,(H,16,17)/t11-,12?/m1/s1. The van der Waals surface area contributed by atoms with Crippen molar-refractivity contribution in [2.75, 3.05) is 6.54 Å². The third-order valence-electron chi connectivity index (χ3n) is 4.45. The predicted molar refractivity (Wildman–Crippen MR) is 69.8 cm³/mol. The summed E-state index contributed by atoms with van der Waals surface area (Å²) in [6.07, 6.45) is 8.33. The van der Waals surface area contributed by atoms with E-state index in [9.17, 15) is 4.79 Å². The van der Waals surface area contributed by atoms with E-state index in [2.05, 4.69) is 24.5 Å². The molecule has 2 atom stereocenters. The van der Waals surface area contributed by atoms with E-state index in [1.54, 1.807) is 0 Å². The monoisotopic (exact) mass is 238 g/mol. The minimum atomic E-state index is 0.0569. The molecule has 3 nitrogen and oxygen atoms in total. The molecule has 0 radical (unpaired) electrons. The molecule has 1 heterocycles. The lowest BCUT2D eigenvalue weighted by molar-refractivity contribution is -0.125. The Hall–Kier alpha value is -0.570. The van der Waals surface area contributed by atoms with Crippen LogP contribution in [0.2, 0.25) is 0 Å². The quantitative estimate of drug-likeness (QED) is 0.774. The SMILES string of the molecule is CC1(C)CCCCC1NC(=O)[C@H]1CCCCN1. The molecule has 1 aliphatic carbocycles. The number of carbonyl (C=O) groups excluding carboxylic acids is 1. The minimum absolute atomic E-state index is 0.0569. The first-order valence-corrected chi connectivity index (χ1v) is 7.13. The van der Waals surface area contributed by atoms with Crippen LogP contribution in [0, 0.1) is 5.41 Å². The van der Waals surface area contributed by atoms with Gasteiger partial charge < -0.3 is 10.6 Å². The van der Waals surface area contributed by atoms with E-state index in [0.717, 1.165) is 19.4 Å². The highest BCUT2D eigenvalue weighted by molar-refractivity contribution is 5.82. The maximum absolute atomic E-state index is 12.2. The van der Waals surface area contributed by atoms with Gasteiger partial charge in [0, 0.05) is 6.04 Å². The molecular weight excluding hydrogens is 212 g/mol. The number of rotatable bonds is 2. The van der Waals surface area contributed by atoms with E-state index in [1.807, 2.05) is 0 Å². The van der Waals surface area contributed by atoms with Crippen molar-refractivity contribution in [2.45, 2.75) is 70.9 Å². The summed E-state index contributed by atoms with van der Waals surface area (Å²) in [5.74, 6) is 0.227. The lowest BCUT2D eigenvalue weighted by atomic mass is 9.73. The van der Waals surface area contributed by atoms with Gasteiger partial charge in [0.2, 0.25) is 5.91 Å². The van der Waals surface area contributed by atoms with Gasteiger partial charge in [-0.15, -0.1) is 0 Å². The maximum atomic E-state index is 12.2. The van der Waals surface area contributed by atoms with Crippen LogP contribution >= 0.6 is 0 Å². The number of amides is 1. The Morgan fingerprint density at radius 1 is 1.18 bits per heavy atom. The highest BCUT2D eigenvalue weighted by atomic mass is 16.2. The molecule has 3 heteroatoms. The largest absolute Gasteiger partial charge is 0.351 e. The van der Waals surface area contributed by atoms with E-state index in [-0.39, 0.29) is 17.4 Å². The summed E-state index contributed by atoms with van der Waals surface area (Å²) in [6, 6.07) is 0.425. The van der Waals surface area contributed by atoms with E-state index in [0.29, 0.717) is 6.04 Å². The highest BCUT2D eigenvalue weighted by Gasteiger charge is 2.34. The third kappa shape index (κ3) is 3.21. The number of hydrogen-bond acceptors (Lipinski definition) is 2. The third-order valence-corrected chi connectivity index (χ3v) is 4.45. The van der Waals surface area contributed by atoms with Crippen molar-refractivity contribution in [1.29, 1.82) is 0 Å². The smallest absolute Gasteiger partial charge is 0.237 e. The Balaban J connectivity index is 1.88. The van der Waals surface area contributed by atoms with Crippen LogP contribution in [0.5, 0.6) is 0 Å². The number of nitrogens with one attached hydrogen (secondary N) is 2. The molecule has 1 saturated carbocycles. The molecule has 17 heavy (non-hydrogen) atoms. The van der Waals surface area contributed by atoms with E-state index >= 15 is 0 Å². The zero-order chi connectivity index (χ0) is 12.3. The zero-order valence-corrected chi connectivity index (χ0v) is 11.2. The summed E-state index contributed by atoms with van der Waals surface area (Å²) in [5.41, 5.74) is 0.266. The molecule has 2 N–H and O–H groups in total. The lowest BCUT2D eigenvalue weighted by Crippen LogP contribution is -2.54. The molecule has 1 saturated heterocycles. The number of carbonyl (C=O) groups is 1. The van der Waals surface area contributed by atoms with Gasteiger partial charge in [-0.25, -0.2) is 0 Å². The topological polar surface area (TPSA) is 41.1 Å². The first-order valence-electron chi connectivity index (χ1n) is 7.13. The van der Waals surface area contributed by atoms with Crippen LogP contribution in [-0.4, -0.2) is 24.5 Å². The lowest BCUT2D eigenvalue weighted by Gasteiger charge is -2.40. The number of hydrogen-bond donors (Lipinski definition) is 2. The Bertz CT molecular complexity index is 269. The van der Waals surface area contributed by atoms with Crippen LogP contribution in [0.15, 0.2) is 0 Å². The normalized spacial score (nSPS) is 33.1. The molecule has 98 valence electrons. The Morgan fingerprint density at radius 3 is 2.59 bits per heavy atom. The Labute approximate surface area is 105 Å². The van der Waals surface area contributed by atoms with Gasteiger partial charge in [-0.3, -0.25) is 4.79 Å². The molecule has 2 fully saturated rings. The zero-order valence-electron chi connectivity index (χ0n) is 11.2. The minimum Gasteiger partial charge on any atom is -0.351 e. The molecule has 1 aliphatic heterocycles. The van der Waals surface area contributed by atoms with Crippen LogP contribution in [0.1, 0.15) is 58.8 Å². The van der Waals surface area contributed by atoms with Crippen molar-refractivity contribution in [3.63, 3.8) is 0 Å². The fraction of sp³-hybridized carbons (Fsp3) is 0.929. The van der Waals surface area contributed by atoms with Gasteiger partial charge in [-0.05, 0) is 37.6 Å². The van der Waals surface area contributed by atoms with Gasteiger partial charge in [0.15, 0.2) is 0 Å². The van der Waals surface area contributed by atoms with Crippen LogP contribution in [0.25, 0.3) is 0 Å². The van der Waals surface area contributed by atoms with Crippen molar-refractivity contribution in [3.05, 3.63) is 0 Å².